The fourth-order valence-corrected chi connectivity index (χ4v) is 8.56. The van der Waals surface area contributed by atoms with Gasteiger partial charge in [0, 0.05) is 33.5 Å². The monoisotopic (exact) mass is 594 g/mol. The SMILES string of the molecule is c1ccc(-c2cc3c4c(c2)-n2c5ccccc5c5c6ccccc6cc(c52)B4c2cc4ccccc4cc2N3c2ccccc2)cc1. The average Bonchev–Trinajstić information content (AvgIpc) is 3.49. The number of nitrogens with zero attached hydrogens (tertiary/aromatic N) is 2. The van der Waals surface area contributed by atoms with E-state index in [4.69, 9.17) is 0 Å². The van der Waals surface area contributed by atoms with Crippen LogP contribution in [0.1, 0.15) is 0 Å². The first kappa shape index (κ1) is 25.2. The summed E-state index contributed by atoms with van der Waals surface area (Å²) in [5.74, 6) is 0. The maximum atomic E-state index is 2.57. The van der Waals surface area contributed by atoms with E-state index in [0.29, 0.717) is 0 Å². The van der Waals surface area contributed by atoms with E-state index in [0.717, 1.165) is 0 Å². The Bertz CT molecular complexity index is 2740. The predicted molar refractivity (Wildman–Crippen MR) is 201 cm³/mol. The third kappa shape index (κ3) is 3.35. The summed E-state index contributed by atoms with van der Waals surface area (Å²) in [4.78, 5) is 2.51. The molecule has 0 N–H and O–H groups in total. The van der Waals surface area contributed by atoms with Crippen LogP contribution in [0.4, 0.5) is 17.1 Å². The van der Waals surface area contributed by atoms with Crippen LogP contribution in [0.5, 0.6) is 0 Å². The Morgan fingerprint density at radius 1 is 0.426 bits per heavy atom. The molecule has 0 unspecified atom stereocenters. The van der Waals surface area contributed by atoms with Crippen molar-refractivity contribution in [3.63, 3.8) is 0 Å². The Morgan fingerprint density at radius 3 is 1.85 bits per heavy atom. The summed E-state index contributed by atoms with van der Waals surface area (Å²) in [6.45, 7) is 0.0771. The maximum Gasteiger partial charge on any atom is 0.252 e. The van der Waals surface area contributed by atoms with Crippen LogP contribution in [-0.2, 0) is 0 Å². The van der Waals surface area contributed by atoms with Crippen molar-refractivity contribution in [2.45, 2.75) is 0 Å². The second kappa shape index (κ2) is 9.25. The van der Waals surface area contributed by atoms with E-state index in [2.05, 4.69) is 173 Å². The standard InChI is InChI=1S/C44H27BN2/c1-3-13-28(14-4-1)32-26-40-43-41(27-32)47-38-22-12-11-21-35(38)42-34-20-10-9-17-31(34)24-37(44(42)47)45(43)36-23-29-15-7-8-16-30(29)25-39(36)46(40)33-18-5-2-6-19-33/h1-27H. The molecule has 3 heterocycles. The van der Waals surface area contributed by atoms with Gasteiger partial charge in [0.2, 0.25) is 0 Å². The van der Waals surface area contributed by atoms with Gasteiger partial charge in [0.05, 0.1) is 11.0 Å². The lowest BCUT2D eigenvalue weighted by Crippen LogP contribution is -2.60. The largest absolute Gasteiger partial charge is 0.311 e. The van der Waals surface area contributed by atoms with Crippen molar-refractivity contribution in [2.75, 3.05) is 4.90 Å². The van der Waals surface area contributed by atoms with Crippen LogP contribution >= 0.6 is 0 Å². The van der Waals surface area contributed by atoms with E-state index in [9.17, 15) is 0 Å². The first-order valence-corrected chi connectivity index (χ1v) is 16.4. The van der Waals surface area contributed by atoms with Crippen LogP contribution in [0.25, 0.3) is 60.2 Å². The minimum Gasteiger partial charge on any atom is -0.311 e. The summed E-state index contributed by atoms with van der Waals surface area (Å²) in [6.07, 6.45) is 0. The Morgan fingerprint density at radius 2 is 1.04 bits per heavy atom. The molecule has 2 aliphatic rings. The lowest BCUT2D eigenvalue weighted by atomic mass is 9.33. The van der Waals surface area contributed by atoms with Gasteiger partial charge in [-0.15, -0.1) is 0 Å². The van der Waals surface area contributed by atoms with E-state index in [1.165, 1.54) is 93.6 Å². The van der Waals surface area contributed by atoms with E-state index in [-0.39, 0.29) is 6.71 Å². The molecule has 9 aromatic rings. The van der Waals surface area contributed by atoms with Gasteiger partial charge in [0.15, 0.2) is 0 Å². The van der Waals surface area contributed by atoms with E-state index >= 15 is 0 Å². The second-order valence-electron chi connectivity index (χ2n) is 12.9. The molecule has 216 valence electrons. The molecule has 47 heavy (non-hydrogen) atoms. The summed E-state index contributed by atoms with van der Waals surface area (Å²) in [5, 5.41) is 7.77. The van der Waals surface area contributed by atoms with Gasteiger partial charge in [-0.1, -0.05) is 127 Å². The topological polar surface area (TPSA) is 8.17 Å². The highest BCUT2D eigenvalue weighted by molar-refractivity contribution is 7.00. The normalized spacial score (nSPS) is 13.0. The fraction of sp³-hybridized carbons (Fsp3) is 0. The van der Waals surface area contributed by atoms with Gasteiger partial charge in [-0.2, -0.15) is 0 Å². The molecule has 0 saturated heterocycles. The van der Waals surface area contributed by atoms with E-state index in [1.54, 1.807) is 0 Å². The van der Waals surface area contributed by atoms with Gasteiger partial charge < -0.3 is 9.47 Å². The molecule has 8 aromatic carbocycles. The summed E-state index contributed by atoms with van der Waals surface area (Å²) < 4.78 is 2.57. The molecule has 0 fully saturated rings. The molecule has 0 atom stereocenters. The van der Waals surface area contributed by atoms with Gasteiger partial charge in [0.1, 0.15) is 0 Å². The highest BCUT2D eigenvalue weighted by Gasteiger charge is 2.42. The average molecular weight is 595 g/mol. The molecule has 3 heteroatoms. The minimum absolute atomic E-state index is 0.0771. The van der Waals surface area contributed by atoms with Crippen LogP contribution in [0.3, 0.4) is 0 Å². The third-order valence-corrected chi connectivity index (χ3v) is 10.5. The van der Waals surface area contributed by atoms with Crippen LogP contribution in [0.2, 0.25) is 0 Å². The molecule has 0 spiro atoms. The zero-order valence-corrected chi connectivity index (χ0v) is 25.6. The maximum absolute atomic E-state index is 2.57. The summed E-state index contributed by atoms with van der Waals surface area (Å²) in [5.41, 5.74) is 14.0. The minimum atomic E-state index is 0.0771. The van der Waals surface area contributed by atoms with Crippen molar-refractivity contribution in [1.29, 1.82) is 0 Å². The molecule has 2 nitrogen and oxygen atoms in total. The first-order chi connectivity index (χ1) is 23.3. The zero-order valence-electron chi connectivity index (χ0n) is 25.6. The third-order valence-electron chi connectivity index (χ3n) is 10.5. The number of rotatable bonds is 2. The van der Waals surface area contributed by atoms with Crippen molar-refractivity contribution >= 4 is 83.5 Å². The number of anilines is 3. The summed E-state index contributed by atoms with van der Waals surface area (Å²) in [7, 11) is 0. The molecule has 11 rings (SSSR count). The van der Waals surface area contributed by atoms with Crippen molar-refractivity contribution in [1.82, 2.24) is 4.57 Å². The van der Waals surface area contributed by atoms with Crippen LogP contribution in [0.15, 0.2) is 164 Å². The number of hydrogen-bond donors (Lipinski definition) is 0. The van der Waals surface area contributed by atoms with E-state index < -0.39 is 0 Å². The Hall–Kier alpha value is -6.06. The van der Waals surface area contributed by atoms with Gasteiger partial charge in [-0.3, -0.25) is 0 Å². The second-order valence-corrected chi connectivity index (χ2v) is 12.9. The molecular weight excluding hydrogens is 567 g/mol. The Labute approximate surface area is 272 Å². The van der Waals surface area contributed by atoms with Crippen molar-refractivity contribution < 1.29 is 0 Å². The van der Waals surface area contributed by atoms with Gasteiger partial charge in [-0.05, 0) is 85.5 Å². The predicted octanol–water partition coefficient (Wildman–Crippen LogP) is 9.37. The Kier molecular flexibility index (Phi) is 4.95. The highest BCUT2D eigenvalue weighted by atomic mass is 15.2. The number of hydrogen-bond acceptors (Lipinski definition) is 1. The van der Waals surface area contributed by atoms with Gasteiger partial charge in [0.25, 0.3) is 6.71 Å². The van der Waals surface area contributed by atoms with Crippen molar-refractivity contribution in [3.05, 3.63) is 164 Å². The first-order valence-electron chi connectivity index (χ1n) is 16.4. The van der Waals surface area contributed by atoms with Gasteiger partial charge >= 0.3 is 0 Å². The highest BCUT2D eigenvalue weighted by Crippen LogP contribution is 2.45. The lowest BCUT2D eigenvalue weighted by Gasteiger charge is -2.41. The number of fused-ring (bicyclic) bond motifs is 10. The number of para-hydroxylation sites is 2. The van der Waals surface area contributed by atoms with Crippen LogP contribution in [0, 0.1) is 0 Å². The number of aromatic nitrogens is 1. The van der Waals surface area contributed by atoms with Crippen LogP contribution < -0.4 is 21.3 Å². The fourth-order valence-electron chi connectivity index (χ4n) is 8.56. The van der Waals surface area contributed by atoms with Crippen molar-refractivity contribution in [2.24, 2.45) is 0 Å². The molecular formula is C44H27BN2. The molecule has 1 aromatic heterocycles. The Balaban J connectivity index is 1.39. The van der Waals surface area contributed by atoms with E-state index in [1.807, 2.05) is 0 Å². The smallest absolute Gasteiger partial charge is 0.252 e. The molecule has 0 amide bonds. The summed E-state index contributed by atoms with van der Waals surface area (Å²) >= 11 is 0. The molecule has 0 radical (unpaired) electrons. The quantitative estimate of drug-likeness (QED) is 0.181. The molecule has 0 bridgehead atoms. The lowest BCUT2D eigenvalue weighted by molar-refractivity contribution is 1.18. The van der Waals surface area contributed by atoms with Gasteiger partial charge in [-0.25, -0.2) is 0 Å². The molecule has 0 aliphatic carbocycles. The molecule has 2 aliphatic heterocycles. The van der Waals surface area contributed by atoms with Crippen LogP contribution in [-0.4, -0.2) is 11.3 Å². The van der Waals surface area contributed by atoms with Crippen molar-refractivity contribution in [3.8, 4) is 16.8 Å². The summed E-state index contributed by atoms with van der Waals surface area (Å²) in [6, 6.07) is 60.7. The zero-order chi connectivity index (χ0) is 30.6. The molecule has 0 saturated carbocycles. The number of benzene rings is 8.